The van der Waals surface area contributed by atoms with Crippen molar-refractivity contribution in [1.29, 1.82) is 0 Å². The van der Waals surface area contributed by atoms with Crippen LogP contribution in [0, 0.1) is 11.8 Å². The number of carbonyl (C=O) groups excluding carboxylic acids is 1. The summed E-state index contributed by atoms with van der Waals surface area (Å²) in [6, 6.07) is 2.03. The van der Waals surface area contributed by atoms with E-state index < -0.39 is 0 Å². The van der Waals surface area contributed by atoms with E-state index in [2.05, 4.69) is 43.5 Å². The van der Waals surface area contributed by atoms with E-state index in [1.54, 1.807) is 12.4 Å². The van der Waals surface area contributed by atoms with E-state index >= 15 is 0 Å². The van der Waals surface area contributed by atoms with Crippen molar-refractivity contribution in [2.45, 2.75) is 26.7 Å². The molecule has 4 heterocycles. The SMILES string of the molecule is CC(C)CN1CCN(C(=O)[C@@H]2CCCN(c3cnc4nccnc4c3)C2)CC1. The smallest absolute Gasteiger partial charge is 0.227 e. The van der Waals surface area contributed by atoms with Crippen LogP contribution < -0.4 is 4.90 Å². The molecule has 2 aromatic heterocycles. The molecule has 0 aromatic carbocycles. The lowest BCUT2D eigenvalue weighted by molar-refractivity contribution is -0.137. The van der Waals surface area contributed by atoms with Crippen molar-refractivity contribution in [1.82, 2.24) is 24.8 Å². The number of piperazine rings is 1. The Morgan fingerprint density at radius 3 is 2.68 bits per heavy atom. The van der Waals surface area contributed by atoms with Gasteiger partial charge in [0.25, 0.3) is 0 Å². The lowest BCUT2D eigenvalue weighted by atomic mass is 9.95. The molecule has 7 heteroatoms. The summed E-state index contributed by atoms with van der Waals surface area (Å²) in [6.07, 6.45) is 7.21. The largest absolute Gasteiger partial charge is 0.369 e. The number of carbonyl (C=O) groups is 1. The third kappa shape index (κ3) is 4.24. The van der Waals surface area contributed by atoms with Crippen LogP contribution in [-0.4, -0.2) is 76.5 Å². The molecule has 1 atom stereocenters. The van der Waals surface area contributed by atoms with Gasteiger partial charge in [-0.15, -0.1) is 0 Å². The van der Waals surface area contributed by atoms with Crippen LogP contribution in [0.1, 0.15) is 26.7 Å². The summed E-state index contributed by atoms with van der Waals surface area (Å²) in [7, 11) is 0. The monoisotopic (exact) mass is 382 g/mol. The molecule has 0 aliphatic carbocycles. The highest BCUT2D eigenvalue weighted by Crippen LogP contribution is 2.26. The lowest BCUT2D eigenvalue weighted by Crippen LogP contribution is -2.53. The zero-order chi connectivity index (χ0) is 19.5. The first-order valence-corrected chi connectivity index (χ1v) is 10.4. The van der Waals surface area contributed by atoms with E-state index in [-0.39, 0.29) is 5.92 Å². The van der Waals surface area contributed by atoms with Crippen molar-refractivity contribution in [3.63, 3.8) is 0 Å². The topological polar surface area (TPSA) is 65.5 Å². The fraction of sp³-hybridized carbons (Fsp3) is 0.619. The highest BCUT2D eigenvalue weighted by Gasteiger charge is 2.31. The summed E-state index contributed by atoms with van der Waals surface area (Å²) in [4.78, 5) is 33.0. The van der Waals surface area contributed by atoms with Gasteiger partial charge >= 0.3 is 0 Å². The molecule has 150 valence electrons. The van der Waals surface area contributed by atoms with Crippen molar-refractivity contribution < 1.29 is 4.79 Å². The maximum atomic E-state index is 13.1. The summed E-state index contributed by atoms with van der Waals surface area (Å²) in [5, 5.41) is 0. The Bertz CT molecular complexity index is 817. The molecule has 4 rings (SSSR count). The number of pyridine rings is 1. The van der Waals surface area contributed by atoms with Crippen LogP contribution in [-0.2, 0) is 4.79 Å². The molecule has 0 radical (unpaired) electrons. The van der Waals surface area contributed by atoms with Crippen LogP contribution in [0.25, 0.3) is 11.2 Å². The first-order valence-electron chi connectivity index (χ1n) is 10.4. The fourth-order valence-electron chi connectivity index (χ4n) is 4.36. The number of aromatic nitrogens is 3. The van der Waals surface area contributed by atoms with Gasteiger partial charge in [0.1, 0.15) is 5.52 Å². The van der Waals surface area contributed by atoms with Gasteiger partial charge in [0.05, 0.1) is 17.8 Å². The Morgan fingerprint density at radius 1 is 1.11 bits per heavy atom. The van der Waals surface area contributed by atoms with E-state index in [1.165, 1.54) is 0 Å². The van der Waals surface area contributed by atoms with Gasteiger partial charge in [0.15, 0.2) is 5.65 Å². The molecule has 2 saturated heterocycles. The van der Waals surface area contributed by atoms with Gasteiger partial charge < -0.3 is 9.80 Å². The highest BCUT2D eigenvalue weighted by molar-refractivity contribution is 5.80. The third-order valence-corrected chi connectivity index (χ3v) is 5.75. The van der Waals surface area contributed by atoms with Gasteiger partial charge in [-0.05, 0) is 24.8 Å². The number of hydrogen-bond donors (Lipinski definition) is 0. The van der Waals surface area contributed by atoms with E-state index in [4.69, 9.17) is 0 Å². The molecule has 0 unspecified atom stereocenters. The van der Waals surface area contributed by atoms with Gasteiger partial charge in [-0.3, -0.25) is 14.7 Å². The summed E-state index contributed by atoms with van der Waals surface area (Å²) < 4.78 is 0. The molecule has 0 bridgehead atoms. The maximum Gasteiger partial charge on any atom is 0.227 e. The number of rotatable bonds is 4. The molecule has 28 heavy (non-hydrogen) atoms. The number of amides is 1. The van der Waals surface area contributed by atoms with E-state index in [0.717, 1.165) is 69.9 Å². The van der Waals surface area contributed by atoms with Gasteiger partial charge in [-0.25, -0.2) is 9.97 Å². The normalized spacial score (nSPS) is 21.5. The Labute approximate surface area is 166 Å². The molecule has 2 aliphatic heterocycles. The van der Waals surface area contributed by atoms with Crippen LogP contribution >= 0.6 is 0 Å². The quantitative estimate of drug-likeness (QED) is 0.806. The molecule has 0 N–H and O–H groups in total. The lowest BCUT2D eigenvalue weighted by Gasteiger charge is -2.39. The predicted octanol–water partition coefficient (Wildman–Crippen LogP) is 2.04. The van der Waals surface area contributed by atoms with Gasteiger partial charge in [0.2, 0.25) is 5.91 Å². The minimum absolute atomic E-state index is 0.0722. The maximum absolute atomic E-state index is 13.1. The molecule has 0 spiro atoms. The number of piperidine rings is 1. The first kappa shape index (κ1) is 19.1. The number of nitrogens with zero attached hydrogens (tertiary/aromatic N) is 6. The average Bonchev–Trinajstić information content (AvgIpc) is 2.73. The zero-order valence-corrected chi connectivity index (χ0v) is 16.9. The van der Waals surface area contributed by atoms with Gasteiger partial charge in [-0.1, -0.05) is 13.8 Å². The van der Waals surface area contributed by atoms with Crippen LogP contribution in [0.4, 0.5) is 5.69 Å². The summed E-state index contributed by atoms with van der Waals surface area (Å²) in [6.45, 7) is 11.0. The molecular weight excluding hydrogens is 352 g/mol. The second-order valence-corrected chi connectivity index (χ2v) is 8.40. The van der Waals surface area contributed by atoms with E-state index in [0.29, 0.717) is 17.5 Å². The number of anilines is 1. The Hall–Kier alpha value is -2.28. The molecule has 7 nitrogen and oxygen atoms in total. The molecular formula is C21H30N6O. The number of hydrogen-bond acceptors (Lipinski definition) is 6. The molecule has 2 aliphatic rings. The van der Waals surface area contributed by atoms with Crippen molar-refractivity contribution in [3.05, 3.63) is 24.7 Å². The number of fused-ring (bicyclic) bond motifs is 1. The van der Waals surface area contributed by atoms with Gasteiger partial charge in [-0.2, -0.15) is 0 Å². The highest BCUT2D eigenvalue weighted by atomic mass is 16.2. The van der Waals surface area contributed by atoms with Crippen LogP contribution in [0.5, 0.6) is 0 Å². The van der Waals surface area contributed by atoms with Crippen molar-refractivity contribution in [3.8, 4) is 0 Å². The zero-order valence-electron chi connectivity index (χ0n) is 16.9. The van der Waals surface area contributed by atoms with Crippen molar-refractivity contribution in [2.75, 3.05) is 50.7 Å². The van der Waals surface area contributed by atoms with Crippen LogP contribution in [0.3, 0.4) is 0 Å². The fourth-order valence-corrected chi connectivity index (χ4v) is 4.36. The average molecular weight is 383 g/mol. The molecule has 2 aromatic rings. The Morgan fingerprint density at radius 2 is 1.89 bits per heavy atom. The Balaban J connectivity index is 1.38. The molecule has 1 amide bonds. The first-order chi connectivity index (χ1) is 13.6. The van der Waals surface area contributed by atoms with Crippen molar-refractivity contribution >= 4 is 22.8 Å². The summed E-state index contributed by atoms with van der Waals surface area (Å²) in [5.41, 5.74) is 2.50. The summed E-state index contributed by atoms with van der Waals surface area (Å²) >= 11 is 0. The van der Waals surface area contributed by atoms with Gasteiger partial charge in [0, 0.05) is 58.2 Å². The standard InChI is InChI=1S/C21H30N6O/c1-16(2)14-25-8-10-26(11-9-25)21(28)17-4-3-7-27(15-17)18-12-19-20(24-13-18)23-6-5-22-19/h5-6,12-13,16-17H,3-4,7-11,14-15H2,1-2H3/t17-/m1/s1. The van der Waals surface area contributed by atoms with Crippen molar-refractivity contribution in [2.24, 2.45) is 11.8 Å². The predicted molar refractivity (Wildman–Crippen MR) is 110 cm³/mol. The minimum atomic E-state index is 0.0722. The molecule has 2 fully saturated rings. The minimum Gasteiger partial charge on any atom is -0.369 e. The third-order valence-electron chi connectivity index (χ3n) is 5.75. The Kier molecular flexibility index (Phi) is 5.71. The second kappa shape index (κ2) is 8.39. The van der Waals surface area contributed by atoms with E-state index in [9.17, 15) is 4.79 Å². The summed E-state index contributed by atoms with van der Waals surface area (Å²) in [5.74, 6) is 1.07. The second-order valence-electron chi connectivity index (χ2n) is 8.40. The molecule has 0 saturated carbocycles. The van der Waals surface area contributed by atoms with E-state index in [1.807, 2.05) is 12.3 Å². The van der Waals surface area contributed by atoms with Crippen LogP contribution in [0.2, 0.25) is 0 Å². The van der Waals surface area contributed by atoms with Crippen LogP contribution in [0.15, 0.2) is 24.7 Å².